The Morgan fingerprint density at radius 3 is 2.74 bits per heavy atom. The van der Waals surface area contributed by atoms with E-state index >= 15 is 0 Å². The van der Waals surface area contributed by atoms with Crippen LogP contribution in [0.1, 0.15) is 30.7 Å². The van der Waals surface area contributed by atoms with Gasteiger partial charge in [-0.15, -0.1) is 10.2 Å². The van der Waals surface area contributed by atoms with Crippen LogP contribution in [0.4, 0.5) is 5.13 Å². The second-order valence-electron chi connectivity index (χ2n) is 7.48. The number of carbonyl (C=O) groups is 1. The van der Waals surface area contributed by atoms with Gasteiger partial charge >= 0.3 is 0 Å². The topological polar surface area (TPSA) is 95.9 Å². The van der Waals surface area contributed by atoms with Crippen LogP contribution in [0.3, 0.4) is 0 Å². The van der Waals surface area contributed by atoms with Crippen molar-refractivity contribution in [3.05, 3.63) is 70.7 Å². The minimum atomic E-state index is -0.471. The number of ketones is 1. The molecule has 2 N–H and O–H groups in total. The normalized spacial score (nSPS) is 19.0. The summed E-state index contributed by atoms with van der Waals surface area (Å²) in [6, 6.07) is 16.5. The van der Waals surface area contributed by atoms with Crippen LogP contribution in [0, 0.1) is 11.3 Å². The molecule has 0 bridgehead atoms. The zero-order valence-corrected chi connectivity index (χ0v) is 18.5. The molecule has 1 aliphatic heterocycles. The van der Waals surface area contributed by atoms with E-state index in [9.17, 15) is 10.1 Å². The predicted octanol–water partition coefficient (Wildman–Crippen LogP) is 4.72. The van der Waals surface area contributed by atoms with Crippen LogP contribution in [-0.4, -0.2) is 22.2 Å². The second-order valence-corrected chi connectivity index (χ2v) is 9.49. The molecule has 8 heteroatoms. The number of aromatic nitrogens is 2. The molecular weight excluding hydrogens is 426 g/mol. The molecular formula is C23H19N5OS2. The first kappa shape index (κ1) is 19.8. The highest BCUT2D eigenvalue weighted by molar-refractivity contribution is 8.00. The Morgan fingerprint density at radius 1 is 1.19 bits per heavy atom. The van der Waals surface area contributed by atoms with Crippen LogP contribution in [0.5, 0.6) is 0 Å². The maximum Gasteiger partial charge on any atom is 0.219 e. The number of fused-ring (bicyclic) bond motifs is 1. The summed E-state index contributed by atoms with van der Waals surface area (Å²) in [6.07, 6.45) is 3.87. The van der Waals surface area contributed by atoms with Crippen molar-refractivity contribution in [3.63, 3.8) is 0 Å². The monoisotopic (exact) mass is 445 g/mol. The van der Waals surface area contributed by atoms with Gasteiger partial charge in [0.25, 0.3) is 0 Å². The molecule has 0 amide bonds. The molecule has 1 aromatic heterocycles. The van der Waals surface area contributed by atoms with Gasteiger partial charge in [-0.25, -0.2) is 0 Å². The Bertz CT molecular complexity index is 1320. The summed E-state index contributed by atoms with van der Waals surface area (Å²) >= 11 is 2.91. The van der Waals surface area contributed by atoms with Gasteiger partial charge in [0.2, 0.25) is 5.13 Å². The standard InChI is InChI=1S/C23H19N5OS2/c1-30-23-27-26-22(31-23)28-17-7-4-8-18(29)20(17)19(16(12-24)21(28)25)15-10-9-13-5-2-3-6-14(13)11-15/h2-3,5-6,9-11,19H,4,7-8,25H2,1H3. The van der Waals surface area contributed by atoms with Crippen LogP contribution < -0.4 is 10.6 Å². The Balaban J connectivity index is 1.73. The van der Waals surface area contributed by atoms with Crippen molar-refractivity contribution in [2.24, 2.45) is 5.73 Å². The van der Waals surface area contributed by atoms with E-state index in [2.05, 4.69) is 22.3 Å². The number of nitrogens with two attached hydrogens (primary N) is 1. The first-order valence-electron chi connectivity index (χ1n) is 9.94. The van der Waals surface area contributed by atoms with Gasteiger partial charge in [0, 0.05) is 17.7 Å². The Morgan fingerprint density at radius 2 is 2.00 bits per heavy atom. The first-order chi connectivity index (χ1) is 15.1. The molecule has 2 heterocycles. The van der Waals surface area contributed by atoms with E-state index in [4.69, 9.17) is 5.73 Å². The van der Waals surface area contributed by atoms with Gasteiger partial charge in [-0.05, 0) is 35.4 Å². The number of benzene rings is 2. The van der Waals surface area contributed by atoms with Crippen molar-refractivity contribution < 1.29 is 4.79 Å². The molecule has 0 saturated heterocycles. The molecule has 1 aliphatic carbocycles. The zero-order valence-electron chi connectivity index (χ0n) is 16.8. The molecule has 6 nitrogen and oxygen atoms in total. The lowest BCUT2D eigenvalue weighted by Gasteiger charge is -2.38. The third kappa shape index (κ3) is 3.21. The zero-order chi connectivity index (χ0) is 21.5. The Labute approximate surface area is 188 Å². The van der Waals surface area contributed by atoms with Gasteiger partial charge in [0.1, 0.15) is 5.82 Å². The fraction of sp³-hybridized carbons (Fsp3) is 0.217. The molecule has 0 saturated carbocycles. The van der Waals surface area contributed by atoms with Gasteiger partial charge in [-0.2, -0.15) is 5.26 Å². The summed E-state index contributed by atoms with van der Waals surface area (Å²) in [5.41, 5.74) is 9.37. The highest BCUT2D eigenvalue weighted by Crippen LogP contribution is 2.47. The minimum Gasteiger partial charge on any atom is -0.384 e. The third-order valence-corrected chi connectivity index (χ3v) is 7.67. The van der Waals surface area contributed by atoms with Gasteiger partial charge in [0.05, 0.1) is 17.6 Å². The third-order valence-electron chi connectivity index (χ3n) is 5.78. The van der Waals surface area contributed by atoms with Crippen LogP contribution in [0.2, 0.25) is 0 Å². The van der Waals surface area contributed by atoms with E-state index in [1.165, 1.54) is 23.1 Å². The van der Waals surface area contributed by atoms with Gasteiger partial charge < -0.3 is 5.73 Å². The number of nitriles is 1. The van der Waals surface area contributed by atoms with E-state index in [1.807, 2.05) is 42.7 Å². The van der Waals surface area contributed by atoms with Gasteiger partial charge in [-0.1, -0.05) is 65.6 Å². The second kappa shape index (κ2) is 7.84. The highest BCUT2D eigenvalue weighted by Gasteiger charge is 2.41. The number of hydrogen-bond donors (Lipinski definition) is 1. The van der Waals surface area contributed by atoms with Crippen molar-refractivity contribution in [2.75, 3.05) is 11.2 Å². The molecule has 1 atom stereocenters. The van der Waals surface area contributed by atoms with Crippen LogP contribution in [0.15, 0.2) is 69.5 Å². The van der Waals surface area contributed by atoms with Crippen LogP contribution in [0.25, 0.3) is 10.8 Å². The molecule has 31 heavy (non-hydrogen) atoms. The number of nitrogens with zero attached hydrogens (tertiary/aromatic N) is 4. The van der Waals surface area contributed by atoms with E-state index in [-0.39, 0.29) is 5.78 Å². The molecule has 0 radical (unpaired) electrons. The number of anilines is 1. The smallest absolute Gasteiger partial charge is 0.219 e. The molecule has 5 rings (SSSR count). The van der Waals surface area contributed by atoms with Crippen molar-refractivity contribution in [2.45, 2.75) is 29.5 Å². The molecule has 2 aliphatic rings. The SMILES string of the molecule is CSc1nnc(N2C(N)=C(C#N)C(c3ccc4ccccc4c3)C3=C2CCCC3=O)s1. The molecule has 2 aromatic carbocycles. The van der Waals surface area contributed by atoms with Crippen molar-refractivity contribution in [3.8, 4) is 6.07 Å². The lowest BCUT2D eigenvalue weighted by molar-refractivity contribution is -0.116. The predicted molar refractivity (Wildman–Crippen MR) is 124 cm³/mol. The number of carbonyl (C=O) groups excluding carboxylic acids is 1. The number of hydrogen-bond acceptors (Lipinski definition) is 8. The quantitative estimate of drug-likeness (QED) is 0.583. The number of Topliss-reactive ketones (excluding diaryl/α,β-unsaturated/α-hetero) is 1. The summed E-state index contributed by atoms with van der Waals surface area (Å²) in [7, 11) is 0. The van der Waals surface area contributed by atoms with E-state index in [0.717, 1.165) is 32.8 Å². The number of allylic oxidation sites excluding steroid dienone is 3. The van der Waals surface area contributed by atoms with Crippen molar-refractivity contribution in [1.29, 1.82) is 5.26 Å². The maximum absolute atomic E-state index is 13.2. The van der Waals surface area contributed by atoms with Gasteiger partial charge in [0.15, 0.2) is 10.1 Å². The van der Waals surface area contributed by atoms with Crippen LogP contribution >= 0.6 is 23.1 Å². The summed E-state index contributed by atoms with van der Waals surface area (Å²) in [6.45, 7) is 0. The maximum atomic E-state index is 13.2. The molecule has 0 spiro atoms. The lowest BCUT2D eigenvalue weighted by Crippen LogP contribution is -2.38. The van der Waals surface area contributed by atoms with Crippen LogP contribution in [-0.2, 0) is 4.79 Å². The van der Waals surface area contributed by atoms with Crippen molar-refractivity contribution in [1.82, 2.24) is 10.2 Å². The van der Waals surface area contributed by atoms with E-state index in [1.54, 1.807) is 4.90 Å². The summed E-state index contributed by atoms with van der Waals surface area (Å²) in [4.78, 5) is 15.0. The Kier molecular flexibility index (Phi) is 5.00. The first-order valence-corrected chi connectivity index (χ1v) is 12.0. The van der Waals surface area contributed by atoms with Crippen molar-refractivity contribution >= 4 is 44.8 Å². The van der Waals surface area contributed by atoms with E-state index in [0.29, 0.717) is 34.9 Å². The molecule has 0 fully saturated rings. The largest absolute Gasteiger partial charge is 0.384 e. The average Bonchev–Trinajstić information content (AvgIpc) is 3.27. The number of thioether (sulfide) groups is 1. The molecule has 1 unspecified atom stereocenters. The number of rotatable bonds is 3. The lowest BCUT2D eigenvalue weighted by atomic mass is 9.75. The summed E-state index contributed by atoms with van der Waals surface area (Å²) in [5.74, 6) is -0.0706. The van der Waals surface area contributed by atoms with Gasteiger partial charge in [-0.3, -0.25) is 9.69 Å². The minimum absolute atomic E-state index is 0.0688. The highest BCUT2D eigenvalue weighted by atomic mass is 32.2. The summed E-state index contributed by atoms with van der Waals surface area (Å²) in [5, 5.41) is 21.4. The molecule has 3 aromatic rings. The summed E-state index contributed by atoms with van der Waals surface area (Å²) < 4.78 is 0.808. The van der Waals surface area contributed by atoms with E-state index < -0.39 is 5.92 Å². The molecule has 154 valence electrons. The fourth-order valence-corrected chi connectivity index (χ4v) is 5.70. The average molecular weight is 446 g/mol. The Hall–Kier alpha value is -3.15. The fourth-order valence-electron chi connectivity index (χ4n) is 4.40.